The molecule has 4 amide bonds. The first-order valence-corrected chi connectivity index (χ1v) is 18.1. The van der Waals surface area contributed by atoms with Gasteiger partial charge >= 0.3 is 6.03 Å². The second-order valence-electron chi connectivity index (χ2n) is 12.9. The van der Waals surface area contributed by atoms with Crippen LogP contribution in [0.5, 0.6) is 0 Å². The van der Waals surface area contributed by atoms with Crippen LogP contribution in [0, 0.1) is 11.8 Å². The number of imide groups is 1. The highest BCUT2D eigenvalue weighted by Crippen LogP contribution is 2.24. The monoisotopic (exact) mass is 706 g/mol. The third-order valence-electron chi connectivity index (χ3n) is 8.69. The molecule has 4 rings (SSSR count). The number of urea groups is 1. The summed E-state index contributed by atoms with van der Waals surface area (Å²) in [5.74, 6) is -1.45. The van der Waals surface area contributed by atoms with E-state index >= 15 is 0 Å². The lowest BCUT2D eigenvalue weighted by molar-refractivity contribution is -0.129. The number of carbonyl (C=O) groups excluding carboxylic acids is 3. The van der Waals surface area contributed by atoms with Crippen LogP contribution in [-0.2, 0) is 32.6 Å². The molecule has 1 aliphatic heterocycles. The van der Waals surface area contributed by atoms with Crippen LogP contribution < -0.4 is 5.32 Å². The molecule has 268 valence electrons. The number of rotatable bonds is 17. The van der Waals surface area contributed by atoms with Crippen LogP contribution in [0.4, 0.5) is 4.79 Å². The highest BCUT2D eigenvalue weighted by Gasteiger charge is 2.45. The summed E-state index contributed by atoms with van der Waals surface area (Å²) in [4.78, 5) is 47.5. The SMILES string of the molecule is CC[C@H](C)[C@@H](C(=O)N[C@@H](Cc1ccccc1)[C@H](O)CN(CC(C)C)S(=O)(=O)c1ccc(/C=N/O)cc1)N1CC(=O)N(Cc2ccccn2)C1=O. The van der Waals surface area contributed by atoms with Gasteiger partial charge in [-0.3, -0.25) is 19.5 Å². The van der Waals surface area contributed by atoms with E-state index in [0.29, 0.717) is 17.7 Å². The first-order chi connectivity index (χ1) is 23.8. The van der Waals surface area contributed by atoms with Crippen molar-refractivity contribution < 1.29 is 33.1 Å². The zero-order valence-corrected chi connectivity index (χ0v) is 29.6. The summed E-state index contributed by atoms with van der Waals surface area (Å²) in [6.45, 7) is 6.87. The van der Waals surface area contributed by atoms with E-state index in [1.54, 1.807) is 24.4 Å². The second kappa shape index (κ2) is 17.3. The van der Waals surface area contributed by atoms with Crippen molar-refractivity contribution in [3.05, 3.63) is 95.8 Å². The number of nitrogens with zero attached hydrogens (tertiary/aromatic N) is 5. The Balaban J connectivity index is 1.61. The van der Waals surface area contributed by atoms with Crippen molar-refractivity contribution in [1.29, 1.82) is 0 Å². The van der Waals surface area contributed by atoms with Crippen molar-refractivity contribution in [3.8, 4) is 0 Å². The van der Waals surface area contributed by atoms with Crippen LogP contribution in [0.15, 0.2) is 89.0 Å². The van der Waals surface area contributed by atoms with Crippen molar-refractivity contribution in [2.24, 2.45) is 17.0 Å². The molecule has 2 heterocycles. The van der Waals surface area contributed by atoms with Gasteiger partial charge in [-0.25, -0.2) is 13.2 Å². The van der Waals surface area contributed by atoms with Crippen LogP contribution in [0.25, 0.3) is 0 Å². The van der Waals surface area contributed by atoms with Gasteiger partial charge in [-0.1, -0.05) is 87.8 Å². The van der Waals surface area contributed by atoms with Gasteiger partial charge < -0.3 is 20.5 Å². The summed E-state index contributed by atoms with van der Waals surface area (Å²) in [6, 6.07) is 17.6. The van der Waals surface area contributed by atoms with Crippen LogP contribution in [0.3, 0.4) is 0 Å². The van der Waals surface area contributed by atoms with Gasteiger partial charge in [0.15, 0.2) is 0 Å². The second-order valence-corrected chi connectivity index (χ2v) is 14.9. The fourth-order valence-corrected chi connectivity index (χ4v) is 7.51. The Hall–Kier alpha value is -4.66. The zero-order valence-electron chi connectivity index (χ0n) is 28.8. The Labute approximate surface area is 293 Å². The smallest absolute Gasteiger partial charge is 0.328 e. The summed E-state index contributed by atoms with van der Waals surface area (Å²) in [5, 5.41) is 26.5. The number of aromatic nitrogens is 1. The fraction of sp³-hybridized carbons (Fsp3) is 0.417. The highest BCUT2D eigenvalue weighted by atomic mass is 32.2. The minimum Gasteiger partial charge on any atom is -0.411 e. The number of oxime groups is 1. The third-order valence-corrected chi connectivity index (χ3v) is 10.5. The number of aliphatic hydroxyl groups is 1. The van der Waals surface area contributed by atoms with Crippen LogP contribution in [0.1, 0.15) is 50.9 Å². The summed E-state index contributed by atoms with van der Waals surface area (Å²) in [5.41, 5.74) is 1.83. The number of carbonyl (C=O) groups is 3. The average molecular weight is 707 g/mol. The van der Waals surface area contributed by atoms with E-state index in [1.807, 2.05) is 58.0 Å². The van der Waals surface area contributed by atoms with E-state index in [9.17, 15) is 27.9 Å². The fourth-order valence-electron chi connectivity index (χ4n) is 5.89. The molecule has 0 unspecified atom stereocenters. The molecular weight excluding hydrogens is 660 g/mol. The molecule has 1 aliphatic rings. The van der Waals surface area contributed by atoms with Gasteiger partial charge in [-0.2, -0.15) is 4.31 Å². The van der Waals surface area contributed by atoms with Crippen molar-refractivity contribution in [2.45, 2.75) is 70.2 Å². The third kappa shape index (κ3) is 9.52. The van der Waals surface area contributed by atoms with Gasteiger partial charge in [-0.05, 0) is 53.6 Å². The molecule has 1 aromatic heterocycles. The van der Waals surface area contributed by atoms with Crippen LogP contribution >= 0.6 is 0 Å². The maximum absolute atomic E-state index is 14.2. The lowest BCUT2D eigenvalue weighted by Gasteiger charge is -2.34. The molecule has 1 saturated heterocycles. The van der Waals surface area contributed by atoms with E-state index in [4.69, 9.17) is 5.21 Å². The maximum Gasteiger partial charge on any atom is 0.328 e. The van der Waals surface area contributed by atoms with Gasteiger partial charge in [-0.15, -0.1) is 0 Å². The van der Waals surface area contributed by atoms with Crippen molar-refractivity contribution in [3.63, 3.8) is 0 Å². The highest BCUT2D eigenvalue weighted by molar-refractivity contribution is 7.89. The Morgan fingerprint density at radius 3 is 2.30 bits per heavy atom. The molecule has 1 fully saturated rings. The number of benzene rings is 2. The van der Waals surface area contributed by atoms with Crippen molar-refractivity contribution in [2.75, 3.05) is 19.6 Å². The molecule has 0 saturated carbocycles. The lowest BCUT2D eigenvalue weighted by Crippen LogP contribution is -2.57. The molecule has 4 atom stereocenters. The first kappa shape index (κ1) is 38.1. The maximum atomic E-state index is 14.2. The van der Waals surface area contributed by atoms with E-state index in [0.717, 1.165) is 10.5 Å². The van der Waals surface area contributed by atoms with E-state index in [-0.39, 0.29) is 49.3 Å². The van der Waals surface area contributed by atoms with Gasteiger partial charge in [0.25, 0.3) is 5.91 Å². The summed E-state index contributed by atoms with van der Waals surface area (Å²) in [6.07, 6.45) is 2.08. The number of sulfonamides is 1. The van der Waals surface area contributed by atoms with E-state index < -0.39 is 46.1 Å². The molecule has 0 aliphatic carbocycles. The molecule has 3 N–H and O–H groups in total. The molecule has 13 nitrogen and oxygen atoms in total. The van der Waals surface area contributed by atoms with Gasteiger partial charge in [0, 0.05) is 19.3 Å². The van der Waals surface area contributed by atoms with Crippen molar-refractivity contribution in [1.82, 2.24) is 24.4 Å². The molecule has 2 aromatic carbocycles. The van der Waals surface area contributed by atoms with Gasteiger partial charge in [0.05, 0.1) is 35.5 Å². The summed E-state index contributed by atoms with van der Waals surface area (Å²) in [7, 11) is -4.10. The lowest BCUT2D eigenvalue weighted by atomic mass is 9.95. The Morgan fingerprint density at radius 1 is 1.02 bits per heavy atom. The number of amides is 4. The predicted molar refractivity (Wildman–Crippen MR) is 188 cm³/mol. The molecule has 3 aromatic rings. The average Bonchev–Trinajstić information content (AvgIpc) is 3.36. The number of hydrogen-bond acceptors (Lipinski definition) is 9. The number of aliphatic hydroxyl groups excluding tert-OH is 1. The molecule has 50 heavy (non-hydrogen) atoms. The van der Waals surface area contributed by atoms with Crippen LogP contribution in [0.2, 0.25) is 0 Å². The van der Waals surface area contributed by atoms with E-state index in [1.165, 1.54) is 39.7 Å². The largest absolute Gasteiger partial charge is 0.411 e. The minimum absolute atomic E-state index is 0.00612. The quantitative estimate of drug-likeness (QED) is 0.0828. The van der Waals surface area contributed by atoms with Crippen molar-refractivity contribution >= 4 is 34.1 Å². The number of pyridine rings is 1. The number of nitrogens with one attached hydrogen (secondary N) is 1. The first-order valence-electron chi connectivity index (χ1n) is 16.7. The minimum atomic E-state index is -4.10. The Bertz CT molecular complexity index is 1720. The Morgan fingerprint density at radius 2 is 1.70 bits per heavy atom. The topological polar surface area (TPSA) is 173 Å². The normalized spacial score (nSPS) is 16.3. The molecular formula is C36H46N6O7S. The van der Waals surface area contributed by atoms with Gasteiger partial charge in [0.2, 0.25) is 15.9 Å². The summed E-state index contributed by atoms with van der Waals surface area (Å²) >= 11 is 0. The molecule has 0 bridgehead atoms. The van der Waals surface area contributed by atoms with Gasteiger partial charge in [0.1, 0.15) is 12.6 Å². The zero-order chi connectivity index (χ0) is 36.4. The molecule has 0 spiro atoms. The molecule has 14 heteroatoms. The standard InChI is InChI=1S/C36H46N6O7S/c1-5-26(4)34(42-24-33(44)41(36(42)46)22-29-13-9-10-18-37-29)35(45)39-31(19-27-11-7-6-8-12-27)32(43)23-40(21-25(2)3)50(48,49)30-16-14-28(15-17-30)20-38-47/h6-18,20,25-26,31-32,34,43,47H,5,19,21-24H2,1-4H3,(H,39,45)/b38-20+/t26-,31-,32+,34-/m0/s1. The number of hydrogen-bond donors (Lipinski definition) is 3. The van der Waals surface area contributed by atoms with Crippen LogP contribution in [-0.4, -0.2) is 99.7 Å². The predicted octanol–water partition coefficient (Wildman–Crippen LogP) is 3.50. The molecule has 0 radical (unpaired) electrons. The van der Waals surface area contributed by atoms with E-state index in [2.05, 4.69) is 15.5 Å². The summed E-state index contributed by atoms with van der Waals surface area (Å²) < 4.78 is 28.9. The Kier molecular flexibility index (Phi) is 13.2.